The number of hydrogen-bond acceptors (Lipinski definition) is 3. The lowest BCUT2D eigenvalue weighted by Gasteiger charge is -2.24. The molecule has 0 saturated heterocycles. The number of aromatic nitrogens is 3. The van der Waals surface area contributed by atoms with E-state index in [9.17, 15) is 0 Å². The molecule has 0 unspecified atom stereocenters. The Kier molecular flexibility index (Phi) is 6.01. The molecular weight excluding hydrogens is 502 g/mol. The summed E-state index contributed by atoms with van der Waals surface area (Å²) < 4.78 is 8.90. The van der Waals surface area contributed by atoms with Gasteiger partial charge in [-0.05, 0) is 76.9 Å². The van der Waals surface area contributed by atoms with Crippen LogP contribution in [0.2, 0.25) is 0 Å². The van der Waals surface area contributed by atoms with Crippen LogP contribution in [-0.4, -0.2) is 14.5 Å². The van der Waals surface area contributed by atoms with Crippen molar-refractivity contribution >= 4 is 33.0 Å². The van der Waals surface area contributed by atoms with E-state index < -0.39 is 0 Å². The summed E-state index contributed by atoms with van der Waals surface area (Å²) in [6.45, 7) is 11.2. The number of pyridine rings is 1. The maximum atomic E-state index is 6.57. The second-order valence-corrected chi connectivity index (χ2v) is 11.6. The monoisotopic (exact) mass is 535 g/mol. The van der Waals surface area contributed by atoms with E-state index >= 15 is 0 Å². The van der Waals surface area contributed by atoms with Crippen molar-refractivity contribution in [2.45, 2.75) is 46.5 Å². The van der Waals surface area contributed by atoms with Crippen LogP contribution in [-0.2, 0) is 0 Å². The van der Waals surface area contributed by atoms with Gasteiger partial charge in [0.15, 0.2) is 0 Å². The Labute approximate surface area is 240 Å². The van der Waals surface area contributed by atoms with Crippen molar-refractivity contribution < 1.29 is 4.42 Å². The smallest absolute Gasteiger partial charge is 0.149 e. The fourth-order valence-corrected chi connectivity index (χ4v) is 6.03. The summed E-state index contributed by atoms with van der Waals surface area (Å²) in [5, 5.41) is 2.22. The van der Waals surface area contributed by atoms with Gasteiger partial charge in [0, 0.05) is 17.0 Å². The molecule has 41 heavy (non-hydrogen) atoms. The minimum Gasteiger partial charge on any atom is -0.455 e. The van der Waals surface area contributed by atoms with Gasteiger partial charge in [-0.2, -0.15) is 0 Å². The highest BCUT2D eigenvalue weighted by Gasteiger charge is 2.25. The standard InChI is InChI=1S/C37H33N3O/c1-22(2)30-19-26(25-10-7-6-8-11-25)20-31(23(3)4)35(30)40-33-21-38-17-16-32(33)39-37(40)29-13-9-12-28-27-15-14-24(5)18-34(27)41-36(28)29/h6-23H,1-5H3. The largest absolute Gasteiger partial charge is 0.455 e. The Morgan fingerprint density at radius 2 is 1.49 bits per heavy atom. The van der Waals surface area contributed by atoms with E-state index in [1.165, 1.54) is 33.5 Å². The van der Waals surface area contributed by atoms with Gasteiger partial charge in [0.2, 0.25) is 0 Å². The van der Waals surface area contributed by atoms with Gasteiger partial charge in [-0.1, -0.05) is 82.3 Å². The first-order chi connectivity index (χ1) is 19.9. The molecule has 202 valence electrons. The second kappa shape index (κ2) is 9.74. The molecule has 4 heteroatoms. The van der Waals surface area contributed by atoms with Crippen LogP contribution in [0.25, 0.3) is 61.2 Å². The minimum atomic E-state index is 0.290. The Morgan fingerprint density at radius 3 is 2.22 bits per heavy atom. The molecule has 0 aliphatic heterocycles. The van der Waals surface area contributed by atoms with Crippen LogP contribution in [0.3, 0.4) is 0 Å². The van der Waals surface area contributed by atoms with Crippen molar-refractivity contribution in [3.63, 3.8) is 0 Å². The number of furan rings is 1. The Balaban J connectivity index is 1.59. The highest BCUT2D eigenvalue weighted by molar-refractivity contribution is 6.09. The summed E-state index contributed by atoms with van der Waals surface area (Å²) >= 11 is 0. The Morgan fingerprint density at radius 1 is 0.732 bits per heavy atom. The Bertz CT molecular complexity index is 2030. The molecule has 7 rings (SSSR count). The van der Waals surface area contributed by atoms with E-state index in [0.29, 0.717) is 0 Å². The normalized spacial score (nSPS) is 12.0. The molecule has 4 nitrogen and oxygen atoms in total. The molecule has 0 radical (unpaired) electrons. The first-order valence-electron chi connectivity index (χ1n) is 14.4. The van der Waals surface area contributed by atoms with E-state index in [2.05, 4.69) is 123 Å². The lowest BCUT2D eigenvalue weighted by atomic mass is 9.88. The van der Waals surface area contributed by atoms with Gasteiger partial charge in [0.05, 0.1) is 28.5 Å². The van der Waals surface area contributed by atoms with E-state index in [1.807, 2.05) is 18.5 Å². The van der Waals surface area contributed by atoms with Gasteiger partial charge < -0.3 is 4.42 Å². The van der Waals surface area contributed by atoms with E-state index in [1.54, 1.807) is 0 Å². The van der Waals surface area contributed by atoms with Crippen molar-refractivity contribution in [2.24, 2.45) is 0 Å². The molecule has 4 aromatic carbocycles. The quantitative estimate of drug-likeness (QED) is 0.220. The molecule has 0 aliphatic rings. The maximum absolute atomic E-state index is 6.57. The molecule has 0 saturated carbocycles. The molecule has 0 N–H and O–H groups in total. The van der Waals surface area contributed by atoms with E-state index in [0.717, 1.165) is 44.4 Å². The Hall–Kier alpha value is -4.70. The minimum absolute atomic E-state index is 0.290. The zero-order valence-corrected chi connectivity index (χ0v) is 24.1. The van der Waals surface area contributed by atoms with Crippen LogP contribution in [0.1, 0.15) is 56.2 Å². The van der Waals surface area contributed by atoms with Crippen molar-refractivity contribution in [2.75, 3.05) is 0 Å². The van der Waals surface area contributed by atoms with Gasteiger partial charge in [-0.3, -0.25) is 9.55 Å². The lowest BCUT2D eigenvalue weighted by molar-refractivity contribution is 0.669. The highest BCUT2D eigenvalue weighted by atomic mass is 16.3. The van der Waals surface area contributed by atoms with Crippen molar-refractivity contribution in [3.8, 4) is 28.2 Å². The predicted molar refractivity (Wildman–Crippen MR) is 170 cm³/mol. The molecule has 0 aliphatic carbocycles. The summed E-state index contributed by atoms with van der Waals surface area (Å²) in [6.07, 6.45) is 3.76. The van der Waals surface area contributed by atoms with Gasteiger partial charge in [-0.15, -0.1) is 0 Å². The number of aryl methyl sites for hydroxylation is 1. The van der Waals surface area contributed by atoms with Gasteiger partial charge in [0.1, 0.15) is 17.0 Å². The molecule has 3 heterocycles. The van der Waals surface area contributed by atoms with Crippen molar-refractivity contribution in [3.05, 3.63) is 114 Å². The summed E-state index contributed by atoms with van der Waals surface area (Å²) in [4.78, 5) is 9.78. The third-order valence-electron chi connectivity index (χ3n) is 8.10. The first kappa shape index (κ1) is 25.3. The third-order valence-corrected chi connectivity index (χ3v) is 8.10. The van der Waals surface area contributed by atoms with Crippen LogP contribution in [0.4, 0.5) is 0 Å². The summed E-state index contributed by atoms with van der Waals surface area (Å²) in [5.41, 5.74) is 12.0. The topological polar surface area (TPSA) is 43.9 Å². The number of fused-ring (bicyclic) bond motifs is 4. The SMILES string of the molecule is Cc1ccc2c(c1)oc1c(-c3nc4ccncc4n3-c3c(C(C)C)cc(-c4ccccc4)cc3C(C)C)cccc12. The molecule has 0 amide bonds. The number of imidazole rings is 1. The predicted octanol–water partition coefficient (Wildman–Crippen LogP) is 10.2. The number of para-hydroxylation sites is 1. The fourth-order valence-electron chi connectivity index (χ4n) is 6.03. The van der Waals surface area contributed by atoms with E-state index in [4.69, 9.17) is 9.40 Å². The number of hydrogen-bond donors (Lipinski definition) is 0. The van der Waals surface area contributed by atoms with E-state index in [-0.39, 0.29) is 11.8 Å². The molecule has 7 aromatic rings. The first-order valence-corrected chi connectivity index (χ1v) is 14.4. The second-order valence-electron chi connectivity index (χ2n) is 11.6. The van der Waals surface area contributed by atoms with Crippen molar-refractivity contribution in [1.29, 1.82) is 0 Å². The average Bonchev–Trinajstić information content (AvgIpc) is 3.54. The summed E-state index contributed by atoms with van der Waals surface area (Å²) in [5.74, 6) is 1.45. The highest BCUT2D eigenvalue weighted by Crippen LogP contribution is 2.42. The van der Waals surface area contributed by atoms with Crippen LogP contribution in [0.5, 0.6) is 0 Å². The van der Waals surface area contributed by atoms with Crippen LogP contribution >= 0.6 is 0 Å². The number of rotatable bonds is 5. The number of benzene rings is 4. The zero-order chi connectivity index (χ0) is 28.2. The summed E-state index contributed by atoms with van der Waals surface area (Å²) in [7, 11) is 0. The average molecular weight is 536 g/mol. The molecule has 0 atom stereocenters. The lowest BCUT2D eigenvalue weighted by Crippen LogP contribution is -2.09. The summed E-state index contributed by atoms with van der Waals surface area (Å²) in [6, 6.07) is 30.2. The third kappa shape index (κ3) is 4.13. The van der Waals surface area contributed by atoms with Crippen molar-refractivity contribution in [1.82, 2.24) is 14.5 Å². The zero-order valence-electron chi connectivity index (χ0n) is 24.1. The molecule has 0 fully saturated rings. The molecule has 0 spiro atoms. The number of nitrogens with zero attached hydrogens (tertiary/aromatic N) is 3. The molecule has 3 aromatic heterocycles. The van der Waals surface area contributed by atoms with Crippen LogP contribution in [0.15, 0.2) is 102 Å². The maximum Gasteiger partial charge on any atom is 0.149 e. The van der Waals surface area contributed by atoms with Crippen LogP contribution < -0.4 is 0 Å². The molecular formula is C37H33N3O. The van der Waals surface area contributed by atoms with Gasteiger partial charge in [0.25, 0.3) is 0 Å². The molecule has 0 bridgehead atoms. The van der Waals surface area contributed by atoms with Gasteiger partial charge >= 0.3 is 0 Å². The fraction of sp³-hybridized carbons (Fsp3) is 0.189. The van der Waals surface area contributed by atoms with Crippen LogP contribution in [0, 0.1) is 6.92 Å². The van der Waals surface area contributed by atoms with Gasteiger partial charge in [-0.25, -0.2) is 4.98 Å².